The van der Waals surface area contributed by atoms with Crippen LogP contribution in [0.5, 0.6) is 17.2 Å². The van der Waals surface area contributed by atoms with E-state index in [0.29, 0.717) is 22.6 Å². The van der Waals surface area contributed by atoms with E-state index in [-0.39, 0.29) is 12.3 Å². The highest BCUT2D eigenvalue weighted by Gasteiger charge is 2.08. The summed E-state index contributed by atoms with van der Waals surface area (Å²) in [6.45, 7) is -0.244. The Hall–Kier alpha value is -3.55. The number of hydrogen-bond acceptors (Lipinski definition) is 6. The average Bonchev–Trinajstić information content (AvgIpc) is 2.67. The molecule has 0 saturated carbocycles. The molecule has 0 radical (unpaired) electrons. The van der Waals surface area contributed by atoms with Gasteiger partial charge >= 0.3 is 0 Å². The van der Waals surface area contributed by atoms with Gasteiger partial charge in [0.05, 0.1) is 27.0 Å². The summed E-state index contributed by atoms with van der Waals surface area (Å²) in [5, 5.41) is 15.9. The molecule has 2 aromatic carbocycles. The number of nitrogens with one attached hydrogen (secondary N) is 2. The minimum atomic E-state index is -0.509. The van der Waals surface area contributed by atoms with Gasteiger partial charge in [-0.25, -0.2) is 5.43 Å². The van der Waals surface area contributed by atoms with Gasteiger partial charge in [-0.3, -0.25) is 9.59 Å². The lowest BCUT2D eigenvalue weighted by molar-refractivity contribution is -0.120. The summed E-state index contributed by atoms with van der Waals surface area (Å²) in [5.41, 5.74) is 3.05. The van der Waals surface area contributed by atoms with Crippen molar-refractivity contribution in [1.29, 1.82) is 0 Å². The monoisotopic (exact) mass is 357 g/mol. The van der Waals surface area contributed by atoms with Gasteiger partial charge in [-0.2, -0.15) is 5.10 Å². The molecule has 0 aliphatic carbocycles. The molecule has 0 bridgehead atoms. The molecule has 0 atom stereocenters. The third-order valence-corrected chi connectivity index (χ3v) is 3.39. The van der Waals surface area contributed by atoms with Crippen LogP contribution in [0.3, 0.4) is 0 Å². The fourth-order valence-corrected chi connectivity index (χ4v) is 1.98. The second-order valence-corrected chi connectivity index (χ2v) is 5.13. The lowest BCUT2D eigenvalue weighted by atomic mass is 10.2. The van der Waals surface area contributed by atoms with Crippen molar-refractivity contribution in [3.8, 4) is 17.2 Å². The van der Waals surface area contributed by atoms with Gasteiger partial charge in [-0.15, -0.1) is 0 Å². The maximum absolute atomic E-state index is 11.9. The van der Waals surface area contributed by atoms with Crippen molar-refractivity contribution in [2.24, 2.45) is 5.10 Å². The Bertz CT molecular complexity index is 803. The largest absolute Gasteiger partial charge is 0.507 e. The van der Waals surface area contributed by atoms with Crippen molar-refractivity contribution in [2.75, 3.05) is 20.8 Å². The van der Waals surface area contributed by atoms with Crippen molar-refractivity contribution in [1.82, 2.24) is 10.7 Å². The number of carbonyl (C=O) groups is 2. The first-order valence-corrected chi connectivity index (χ1v) is 7.64. The predicted octanol–water partition coefficient (Wildman–Crippen LogP) is 1.29. The zero-order chi connectivity index (χ0) is 18.9. The highest BCUT2D eigenvalue weighted by atomic mass is 16.5. The van der Waals surface area contributed by atoms with E-state index in [4.69, 9.17) is 9.47 Å². The third-order valence-electron chi connectivity index (χ3n) is 3.39. The average molecular weight is 357 g/mol. The summed E-state index contributed by atoms with van der Waals surface area (Å²) in [6.07, 6.45) is 1.28. The van der Waals surface area contributed by atoms with Crippen LogP contribution in [0.15, 0.2) is 47.6 Å². The molecule has 136 valence electrons. The molecule has 8 heteroatoms. The molecule has 26 heavy (non-hydrogen) atoms. The number of amides is 2. The summed E-state index contributed by atoms with van der Waals surface area (Å²) in [6, 6.07) is 11.1. The van der Waals surface area contributed by atoms with Gasteiger partial charge in [-0.05, 0) is 42.5 Å². The molecule has 0 saturated heterocycles. The van der Waals surface area contributed by atoms with Gasteiger partial charge in [0.15, 0.2) is 0 Å². The summed E-state index contributed by atoms with van der Waals surface area (Å²) in [5.74, 6) is 0.274. The number of aromatic hydroxyl groups is 1. The predicted molar refractivity (Wildman–Crippen MR) is 95.7 cm³/mol. The zero-order valence-electron chi connectivity index (χ0n) is 14.4. The number of phenols is 1. The first kappa shape index (κ1) is 18.8. The Morgan fingerprint density at radius 1 is 1.08 bits per heavy atom. The van der Waals surface area contributed by atoms with Crippen LogP contribution in [-0.2, 0) is 4.79 Å². The molecule has 0 unspecified atom stereocenters. The number of phenolic OH excluding ortho intramolecular Hbond substituents is 1. The number of hydrazone groups is 1. The number of hydrogen-bond donors (Lipinski definition) is 3. The lowest BCUT2D eigenvalue weighted by Crippen LogP contribution is -2.34. The highest BCUT2D eigenvalue weighted by Crippen LogP contribution is 2.20. The molecule has 3 N–H and O–H groups in total. The quantitative estimate of drug-likeness (QED) is 0.511. The Labute approximate surface area is 150 Å². The minimum Gasteiger partial charge on any atom is -0.507 e. The van der Waals surface area contributed by atoms with E-state index in [1.807, 2.05) is 0 Å². The standard InChI is InChI=1S/C18H19N3O5/c1-25-14-5-3-12(4-6-14)18(24)19-11-17(23)21-20-10-13-9-15(26-2)7-8-16(13)22/h3-10,22H,11H2,1-2H3,(H,19,24)(H,21,23). The lowest BCUT2D eigenvalue weighted by Gasteiger charge is -2.05. The van der Waals surface area contributed by atoms with Crippen LogP contribution in [0.4, 0.5) is 0 Å². The zero-order valence-corrected chi connectivity index (χ0v) is 14.4. The highest BCUT2D eigenvalue weighted by molar-refractivity contribution is 5.96. The van der Waals surface area contributed by atoms with Gasteiger partial charge in [0.1, 0.15) is 17.2 Å². The fraction of sp³-hybridized carbons (Fsp3) is 0.167. The van der Waals surface area contributed by atoms with Crippen LogP contribution >= 0.6 is 0 Å². The summed E-state index contributed by atoms with van der Waals surface area (Å²) in [4.78, 5) is 23.7. The van der Waals surface area contributed by atoms with Gasteiger partial charge in [0, 0.05) is 11.1 Å². The number of ether oxygens (including phenoxy) is 2. The number of rotatable bonds is 7. The van der Waals surface area contributed by atoms with Crippen molar-refractivity contribution in [3.63, 3.8) is 0 Å². The van der Waals surface area contributed by atoms with Crippen LogP contribution in [0, 0.1) is 0 Å². The maximum Gasteiger partial charge on any atom is 0.259 e. The molecule has 0 aliphatic heterocycles. The minimum absolute atomic E-state index is 0.00314. The Balaban J connectivity index is 1.84. The summed E-state index contributed by atoms with van der Waals surface area (Å²) < 4.78 is 10.1. The number of carbonyl (C=O) groups excluding carboxylic acids is 2. The van der Waals surface area contributed by atoms with Crippen LogP contribution in [0.1, 0.15) is 15.9 Å². The van der Waals surface area contributed by atoms with E-state index in [2.05, 4.69) is 15.8 Å². The number of methoxy groups -OCH3 is 2. The van der Waals surface area contributed by atoms with E-state index in [9.17, 15) is 14.7 Å². The molecule has 8 nitrogen and oxygen atoms in total. The third kappa shape index (κ3) is 5.23. The van der Waals surface area contributed by atoms with Gasteiger partial charge in [0.2, 0.25) is 0 Å². The smallest absolute Gasteiger partial charge is 0.259 e. The second-order valence-electron chi connectivity index (χ2n) is 5.13. The van der Waals surface area contributed by atoms with Crippen LogP contribution in [0.25, 0.3) is 0 Å². The van der Waals surface area contributed by atoms with E-state index in [0.717, 1.165) is 0 Å². The molecule has 2 aromatic rings. The number of benzene rings is 2. The molecule has 0 spiro atoms. The van der Waals surface area contributed by atoms with E-state index in [1.165, 1.54) is 26.5 Å². The Morgan fingerprint density at radius 2 is 1.73 bits per heavy atom. The maximum atomic E-state index is 11.9. The molecule has 2 rings (SSSR count). The van der Waals surface area contributed by atoms with Crippen molar-refractivity contribution in [3.05, 3.63) is 53.6 Å². The summed E-state index contributed by atoms with van der Waals surface area (Å²) in [7, 11) is 3.03. The fourth-order valence-electron chi connectivity index (χ4n) is 1.98. The molecule has 0 aliphatic rings. The molecular formula is C18H19N3O5. The van der Waals surface area contributed by atoms with Crippen LogP contribution in [0.2, 0.25) is 0 Å². The first-order chi connectivity index (χ1) is 12.5. The molecular weight excluding hydrogens is 338 g/mol. The van der Waals surface area contributed by atoms with E-state index in [1.54, 1.807) is 36.4 Å². The van der Waals surface area contributed by atoms with Crippen LogP contribution < -0.4 is 20.2 Å². The molecule has 0 fully saturated rings. The molecule has 0 heterocycles. The summed E-state index contributed by atoms with van der Waals surface area (Å²) >= 11 is 0. The van der Waals surface area contributed by atoms with E-state index >= 15 is 0 Å². The SMILES string of the molecule is COc1ccc(C(=O)NCC(=O)NN=Cc2cc(OC)ccc2O)cc1. The van der Waals surface area contributed by atoms with Gasteiger partial charge in [-0.1, -0.05) is 0 Å². The number of nitrogens with zero attached hydrogens (tertiary/aromatic N) is 1. The molecule has 2 amide bonds. The van der Waals surface area contributed by atoms with Crippen LogP contribution in [-0.4, -0.2) is 43.9 Å². The van der Waals surface area contributed by atoms with Crippen molar-refractivity contribution in [2.45, 2.75) is 0 Å². The van der Waals surface area contributed by atoms with Crippen molar-refractivity contribution >= 4 is 18.0 Å². The first-order valence-electron chi connectivity index (χ1n) is 7.64. The van der Waals surface area contributed by atoms with E-state index < -0.39 is 11.8 Å². The second kappa shape index (κ2) is 9.07. The van der Waals surface area contributed by atoms with Gasteiger partial charge < -0.3 is 19.9 Å². The van der Waals surface area contributed by atoms with Crippen molar-refractivity contribution < 1.29 is 24.2 Å². The Kier molecular flexibility index (Phi) is 6.55. The topological polar surface area (TPSA) is 109 Å². The molecule has 0 aromatic heterocycles. The van der Waals surface area contributed by atoms with Gasteiger partial charge in [0.25, 0.3) is 11.8 Å². The normalized spacial score (nSPS) is 10.4. The Morgan fingerprint density at radius 3 is 2.38 bits per heavy atom.